The summed E-state index contributed by atoms with van der Waals surface area (Å²) in [5.74, 6) is 0.167. The number of aromatic nitrogens is 2. The SMILES string of the molecule is C=C1[C@H](CO[Si](c2ccccc2)(c2ccccc2)C(C)(C)C)C[C@@H]1n1ccc(=O)[nH]c1=O. The average molecular weight is 447 g/mol. The van der Waals surface area contributed by atoms with Crippen LogP contribution in [0.4, 0.5) is 0 Å². The number of hydrogen-bond acceptors (Lipinski definition) is 3. The van der Waals surface area contributed by atoms with E-state index in [9.17, 15) is 9.59 Å². The van der Waals surface area contributed by atoms with Gasteiger partial charge in [-0.3, -0.25) is 14.3 Å². The van der Waals surface area contributed by atoms with Gasteiger partial charge in [0.15, 0.2) is 0 Å². The van der Waals surface area contributed by atoms with Crippen LogP contribution in [0.25, 0.3) is 0 Å². The van der Waals surface area contributed by atoms with Crippen molar-refractivity contribution in [1.29, 1.82) is 0 Å². The maximum atomic E-state index is 12.2. The normalized spacial score (nSPS) is 18.9. The lowest BCUT2D eigenvalue weighted by atomic mass is 9.76. The third-order valence-electron chi connectivity index (χ3n) is 6.56. The van der Waals surface area contributed by atoms with E-state index in [1.807, 2.05) is 12.1 Å². The molecule has 4 rings (SSSR count). The average Bonchev–Trinajstić information content (AvgIpc) is 2.77. The van der Waals surface area contributed by atoms with Crippen LogP contribution in [0.3, 0.4) is 0 Å². The first kappa shape index (κ1) is 22.2. The molecule has 1 heterocycles. The van der Waals surface area contributed by atoms with Gasteiger partial charge >= 0.3 is 5.69 Å². The zero-order valence-electron chi connectivity index (χ0n) is 18.9. The first-order chi connectivity index (χ1) is 15.2. The van der Waals surface area contributed by atoms with Crippen molar-refractivity contribution in [2.45, 2.75) is 38.3 Å². The highest BCUT2D eigenvalue weighted by molar-refractivity contribution is 6.99. The van der Waals surface area contributed by atoms with Gasteiger partial charge in [0.1, 0.15) is 0 Å². The minimum absolute atomic E-state index is 0.0873. The topological polar surface area (TPSA) is 64.1 Å². The summed E-state index contributed by atoms with van der Waals surface area (Å²) in [5.41, 5.74) is 0.190. The Labute approximate surface area is 189 Å². The van der Waals surface area contributed by atoms with Crippen LogP contribution in [-0.4, -0.2) is 24.5 Å². The molecule has 166 valence electrons. The summed E-state index contributed by atoms with van der Waals surface area (Å²) in [6.07, 6.45) is 2.32. The van der Waals surface area contributed by atoms with Crippen LogP contribution >= 0.6 is 0 Å². The molecule has 1 saturated carbocycles. The summed E-state index contributed by atoms with van der Waals surface area (Å²) < 4.78 is 8.57. The van der Waals surface area contributed by atoms with Gasteiger partial charge in [0, 0.05) is 24.8 Å². The minimum atomic E-state index is -2.60. The Morgan fingerprint density at radius 1 is 1.00 bits per heavy atom. The summed E-state index contributed by atoms with van der Waals surface area (Å²) in [6, 6.07) is 22.4. The van der Waals surface area contributed by atoms with Crippen molar-refractivity contribution < 1.29 is 4.43 Å². The third-order valence-corrected chi connectivity index (χ3v) is 11.6. The highest BCUT2D eigenvalue weighted by atomic mass is 28.4. The molecule has 0 bridgehead atoms. The molecule has 2 aromatic carbocycles. The van der Waals surface area contributed by atoms with Gasteiger partial charge < -0.3 is 4.43 Å². The van der Waals surface area contributed by atoms with Gasteiger partial charge in [-0.05, 0) is 27.4 Å². The number of H-pyrrole nitrogens is 1. The van der Waals surface area contributed by atoms with E-state index in [-0.39, 0.29) is 22.6 Å². The maximum Gasteiger partial charge on any atom is 0.328 e. The fourth-order valence-electron chi connectivity index (χ4n) is 4.81. The molecule has 2 atom stereocenters. The maximum absolute atomic E-state index is 12.2. The lowest BCUT2D eigenvalue weighted by Gasteiger charge is -2.46. The smallest absolute Gasteiger partial charge is 0.328 e. The van der Waals surface area contributed by atoms with E-state index in [2.05, 4.69) is 80.9 Å². The Bertz CT molecular complexity index is 1170. The van der Waals surface area contributed by atoms with E-state index in [0.717, 1.165) is 12.0 Å². The van der Waals surface area contributed by atoms with Crippen molar-refractivity contribution in [3.05, 3.63) is 106 Å². The molecule has 1 aromatic heterocycles. The van der Waals surface area contributed by atoms with E-state index >= 15 is 0 Å². The predicted octanol–water partition coefficient (Wildman–Crippen LogP) is 3.23. The van der Waals surface area contributed by atoms with Crippen molar-refractivity contribution in [2.24, 2.45) is 5.92 Å². The van der Waals surface area contributed by atoms with Gasteiger partial charge in [0.25, 0.3) is 13.9 Å². The van der Waals surface area contributed by atoms with Crippen molar-refractivity contribution in [1.82, 2.24) is 9.55 Å². The van der Waals surface area contributed by atoms with Crippen molar-refractivity contribution in [3.63, 3.8) is 0 Å². The first-order valence-electron chi connectivity index (χ1n) is 11.0. The second-order valence-corrected chi connectivity index (χ2v) is 13.8. The van der Waals surface area contributed by atoms with E-state index in [1.165, 1.54) is 16.4 Å². The lowest BCUT2D eigenvalue weighted by molar-refractivity contribution is 0.184. The molecule has 0 spiro atoms. The van der Waals surface area contributed by atoms with Crippen LogP contribution in [0.15, 0.2) is 94.7 Å². The molecular weight excluding hydrogens is 416 g/mol. The monoisotopic (exact) mass is 446 g/mol. The van der Waals surface area contributed by atoms with E-state index < -0.39 is 14.0 Å². The highest BCUT2D eigenvalue weighted by Gasteiger charge is 2.51. The Hall–Kier alpha value is -2.96. The molecule has 32 heavy (non-hydrogen) atoms. The lowest BCUT2D eigenvalue weighted by Crippen LogP contribution is -2.67. The third kappa shape index (κ3) is 3.85. The molecule has 0 unspecified atom stereocenters. The van der Waals surface area contributed by atoms with Crippen LogP contribution in [0.5, 0.6) is 0 Å². The van der Waals surface area contributed by atoms with Crippen LogP contribution in [-0.2, 0) is 4.43 Å². The summed E-state index contributed by atoms with van der Waals surface area (Å²) in [5, 5.41) is 2.41. The van der Waals surface area contributed by atoms with Gasteiger partial charge in [-0.25, -0.2) is 4.79 Å². The van der Waals surface area contributed by atoms with Gasteiger partial charge in [0.2, 0.25) is 0 Å². The molecule has 1 aliphatic rings. The summed E-state index contributed by atoms with van der Waals surface area (Å²) in [6.45, 7) is 11.6. The predicted molar refractivity (Wildman–Crippen MR) is 131 cm³/mol. The Morgan fingerprint density at radius 2 is 1.56 bits per heavy atom. The number of aromatic amines is 1. The summed E-state index contributed by atoms with van der Waals surface area (Å²) in [7, 11) is -2.60. The van der Waals surface area contributed by atoms with Crippen LogP contribution < -0.4 is 21.6 Å². The van der Waals surface area contributed by atoms with Gasteiger partial charge in [-0.15, -0.1) is 0 Å². The molecule has 0 amide bonds. The molecule has 1 aliphatic carbocycles. The Balaban J connectivity index is 1.63. The van der Waals surface area contributed by atoms with Crippen LogP contribution in [0.2, 0.25) is 5.04 Å². The zero-order chi connectivity index (χ0) is 22.9. The van der Waals surface area contributed by atoms with Gasteiger partial charge in [0.05, 0.1) is 6.04 Å². The largest absolute Gasteiger partial charge is 0.407 e. The van der Waals surface area contributed by atoms with E-state index in [1.54, 1.807) is 10.8 Å². The van der Waals surface area contributed by atoms with Crippen molar-refractivity contribution >= 4 is 18.7 Å². The molecule has 0 aliphatic heterocycles. The van der Waals surface area contributed by atoms with Gasteiger partial charge in [-0.1, -0.05) is 88.0 Å². The van der Waals surface area contributed by atoms with Crippen LogP contribution in [0, 0.1) is 5.92 Å². The fraction of sp³-hybridized carbons (Fsp3) is 0.308. The molecule has 5 nitrogen and oxygen atoms in total. The summed E-state index contributed by atoms with van der Waals surface area (Å²) in [4.78, 5) is 25.9. The number of hydrogen-bond donors (Lipinski definition) is 1. The molecule has 0 saturated heterocycles. The zero-order valence-corrected chi connectivity index (χ0v) is 19.9. The number of benzene rings is 2. The molecule has 3 aromatic rings. The molecule has 1 fully saturated rings. The van der Waals surface area contributed by atoms with E-state index in [0.29, 0.717) is 6.61 Å². The molecule has 1 N–H and O–H groups in total. The fourth-order valence-corrected chi connectivity index (χ4v) is 9.42. The molecule has 0 radical (unpaired) electrons. The second kappa shape index (κ2) is 8.52. The van der Waals surface area contributed by atoms with Crippen molar-refractivity contribution in [3.8, 4) is 0 Å². The Morgan fingerprint density at radius 3 is 2.03 bits per heavy atom. The van der Waals surface area contributed by atoms with Crippen molar-refractivity contribution in [2.75, 3.05) is 6.61 Å². The summed E-state index contributed by atoms with van der Waals surface area (Å²) >= 11 is 0. The van der Waals surface area contributed by atoms with Gasteiger partial charge in [-0.2, -0.15) is 0 Å². The standard InChI is InChI=1S/C26H30N2O3Si/c1-19-20(17-23(19)28-16-15-24(29)27-25(28)30)18-31-32(26(2,3)4,21-11-7-5-8-12-21)22-13-9-6-10-14-22/h5-16,20,23H,1,17-18H2,2-4H3,(H,27,29,30)/t20-,23-/m0/s1. The van der Waals surface area contributed by atoms with Crippen LogP contribution in [0.1, 0.15) is 33.2 Å². The molecular formula is C26H30N2O3Si. The first-order valence-corrected chi connectivity index (χ1v) is 12.9. The highest BCUT2D eigenvalue weighted by Crippen LogP contribution is 2.44. The number of rotatable bonds is 6. The van der Waals surface area contributed by atoms with E-state index in [4.69, 9.17) is 4.43 Å². The minimum Gasteiger partial charge on any atom is -0.407 e. The Kier molecular flexibility index (Phi) is 5.92. The quantitative estimate of drug-likeness (QED) is 0.467. The second-order valence-electron chi connectivity index (χ2n) is 9.51. The molecule has 6 heteroatoms. The number of nitrogens with one attached hydrogen (secondary N) is 1. The number of nitrogens with zero attached hydrogens (tertiary/aromatic N) is 1.